The predicted octanol–water partition coefficient (Wildman–Crippen LogP) is 3.11. The fraction of sp³-hybridized carbons (Fsp3) is 0.250. The number of hydrogen-bond donors (Lipinski definition) is 1. The number of rotatable bonds is 6. The summed E-state index contributed by atoms with van der Waals surface area (Å²) >= 11 is 0. The van der Waals surface area contributed by atoms with E-state index in [-0.39, 0.29) is 5.91 Å². The Kier molecular flexibility index (Phi) is 6.29. The lowest BCUT2D eigenvalue weighted by atomic mass is 10.1. The Morgan fingerprint density at radius 3 is 2.38 bits per heavy atom. The summed E-state index contributed by atoms with van der Waals surface area (Å²) in [7, 11) is 0. The maximum atomic E-state index is 12.3. The molecule has 0 saturated carbocycles. The van der Waals surface area contributed by atoms with Crippen LogP contribution < -0.4 is 5.43 Å². The van der Waals surface area contributed by atoms with Crippen LogP contribution in [0.1, 0.15) is 11.1 Å². The van der Waals surface area contributed by atoms with Gasteiger partial charge < -0.3 is 0 Å². The molecule has 1 amide bonds. The second kappa shape index (κ2) is 9.45. The van der Waals surface area contributed by atoms with Crippen molar-refractivity contribution in [1.82, 2.24) is 15.2 Å². The average Bonchev–Trinajstić information content (AvgIpc) is 2.76. The molecular formula is C24H26N4O. The van der Waals surface area contributed by atoms with Crippen LogP contribution in [-0.4, -0.2) is 54.6 Å². The summed E-state index contributed by atoms with van der Waals surface area (Å²) < 4.78 is 0. The SMILES string of the molecule is O=C(CN1CCN(Cc2ccccc2)CC1)N/N=C\c1cccc2ccccc12. The van der Waals surface area contributed by atoms with E-state index in [4.69, 9.17) is 0 Å². The van der Waals surface area contributed by atoms with Crippen LogP contribution in [0.5, 0.6) is 0 Å². The van der Waals surface area contributed by atoms with Gasteiger partial charge >= 0.3 is 0 Å². The molecule has 5 heteroatoms. The number of nitrogens with zero attached hydrogens (tertiary/aromatic N) is 3. The lowest BCUT2D eigenvalue weighted by Crippen LogP contribution is -2.48. The van der Waals surface area contributed by atoms with E-state index < -0.39 is 0 Å². The number of fused-ring (bicyclic) bond motifs is 1. The normalized spacial score (nSPS) is 15.7. The van der Waals surface area contributed by atoms with Gasteiger partial charge in [-0.15, -0.1) is 0 Å². The van der Waals surface area contributed by atoms with Gasteiger partial charge in [-0.1, -0.05) is 72.8 Å². The van der Waals surface area contributed by atoms with E-state index in [2.05, 4.69) is 62.8 Å². The highest BCUT2D eigenvalue weighted by Gasteiger charge is 2.18. The zero-order valence-corrected chi connectivity index (χ0v) is 16.5. The van der Waals surface area contributed by atoms with E-state index >= 15 is 0 Å². The third-order valence-electron chi connectivity index (χ3n) is 5.30. The van der Waals surface area contributed by atoms with E-state index in [1.54, 1.807) is 6.21 Å². The summed E-state index contributed by atoms with van der Waals surface area (Å²) in [5.41, 5.74) is 5.00. The zero-order valence-electron chi connectivity index (χ0n) is 16.5. The van der Waals surface area contributed by atoms with Gasteiger partial charge in [-0.05, 0) is 16.3 Å². The molecule has 1 aliphatic rings. The van der Waals surface area contributed by atoms with Gasteiger partial charge in [-0.2, -0.15) is 5.10 Å². The molecule has 0 spiro atoms. The van der Waals surface area contributed by atoms with Crippen molar-refractivity contribution < 1.29 is 4.79 Å². The largest absolute Gasteiger partial charge is 0.297 e. The van der Waals surface area contributed by atoms with Crippen molar-refractivity contribution in [1.29, 1.82) is 0 Å². The van der Waals surface area contributed by atoms with Gasteiger partial charge in [0.2, 0.25) is 0 Å². The molecule has 29 heavy (non-hydrogen) atoms. The van der Waals surface area contributed by atoms with Gasteiger partial charge in [0, 0.05) is 38.3 Å². The minimum Gasteiger partial charge on any atom is -0.297 e. The molecule has 1 aliphatic heterocycles. The van der Waals surface area contributed by atoms with Crippen LogP contribution in [-0.2, 0) is 11.3 Å². The van der Waals surface area contributed by atoms with Crippen LogP contribution in [0, 0.1) is 0 Å². The van der Waals surface area contributed by atoms with E-state index in [1.807, 2.05) is 30.3 Å². The standard InChI is InChI=1S/C24H26N4O/c29-24(26-25-17-22-11-6-10-21-9-4-5-12-23(21)22)19-28-15-13-27(14-16-28)18-20-7-2-1-3-8-20/h1-12,17H,13-16,18-19H2,(H,26,29)/b25-17-. The molecule has 3 aromatic carbocycles. The lowest BCUT2D eigenvalue weighted by Gasteiger charge is -2.34. The van der Waals surface area contributed by atoms with Gasteiger partial charge in [0.1, 0.15) is 0 Å². The molecule has 1 fully saturated rings. The summed E-state index contributed by atoms with van der Waals surface area (Å²) in [6.07, 6.45) is 1.72. The second-order valence-electron chi connectivity index (χ2n) is 7.40. The van der Waals surface area contributed by atoms with Gasteiger partial charge in [-0.25, -0.2) is 5.43 Å². The van der Waals surface area contributed by atoms with E-state index in [9.17, 15) is 4.79 Å². The highest BCUT2D eigenvalue weighted by Crippen LogP contribution is 2.16. The highest BCUT2D eigenvalue weighted by molar-refractivity contribution is 5.99. The molecule has 148 valence electrons. The van der Waals surface area contributed by atoms with Crippen molar-refractivity contribution in [3.05, 3.63) is 83.9 Å². The summed E-state index contributed by atoms with van der Waals surface area (Å²) in [5.74, 6) is -0.0713. The topological polar surface area (TPSA) is 47.9 Å². The number of hydrogen-bond acceptors (Lipinski definition) is 4. The van der Waals surface area contributed by atoms with E-state index in [0.29, 0.717) is 6.54 Å². The first kappa shape index (κ1) is 19.3. The Labute approximate surface area is 171 Å². The monoisotopic (exact) mass is 386 g/mol. The number of nitrogens with one attached hydrogen (secondary N) is 1. The van der Waals surface area contributed by atoms with Crippen molar-refractivity contribution >= 4 is 22.9 Å². The first-order valence-corrected chi connectivity index (χ1v) is 10.1. The Balaban J connectivity index is 1.24. The Morgan fingerprint density at radius 1 is 0.862 bits per heavy atom. The van der Waals surface area contributed by atoms with Crippen molar-refractivity contribution in [3.63, 3.8) is 0 Å². The van der Waals surface area contributed by atoms with Crippen LogP contribution >= 0.6 is 0 Å². The van der Waals surface area contributed by atoms with E-state index in [1.165, 1.54) is 5.56 Å². The quantitative estimate of drug-likeness (QED) is 0.523. The maximum Gasteiger partial charge on any atom is 0.254 e. The first-order chi connectivity index (χ1) is 14.3. The molecule has 5 nitrogen and oxygen atoms in total. The van der Waals surface area contributed by atoms with Crippen molar-refractivity contribution in [2.45, 2.75) is 6.54 Å². The maximum absolute atomic E-state index is 12.3. The molecule has 3 aromatic rings. The molecule has 0 aromatic heterocycles. The van der Waals surface area contributed by atoms with Crippen LogP contribution in [0.3, 0.4) is 0 Å². The smallest absolute Gasteiger partial charge is 0.254 e. The van der Waals surface area contributed by atoms with Gasteiger partial charge in [0.25, 0.3) is 5.91 Å². The molecule has 0 atom stereocenters. The number of hydrazone groups is 1. The average molecular weight is 386 g/mol. The zero-order chi connectivity index (χ0) is 19.9. The Bertz CT molecular complexity index is 973. The third-order valence-corrected chi connectivity index (χ3v) is 5.30. The fourth-order valence-corrected chi connectivity index (χ4v) is 3.72. The number of piperazine rings is 1. The van der Waals surface area contributed by atoms with Crippen LogP contribution in [0.4, 0.5) is 0 Å². The molecule has 1 heterocycles. The highest BCUT2D eigenvalue weighted by atomic mass is 16.2. The third kappa shape index (κ3) is 5.28. The number of benzene rings is 3. The molecule has 0 aliphatic carbocycles. The van der Waals surface area contributed by atoms with Crippen molar-refractivity contribution in [2.75, 3.05) is 32.7 Å². The van der Waals surface area contributed by atoms with Crippen LogP contribution in [0.25, 0.3) is 10.8 Å². The van der Waals surface area contributed by atoms with Gasteiger partial charge in [-0.3, -0.25) is 14.6 Å². The number of carbonyl (C=O) groups is 1. The molecule has 0 bridgehead atoms. The van der Waals surface area contributed by atoms with Crippen molar-refractivity contribution in [3.8, 4) is 0 Å². The summed E-state index contributed by atoms with van der Waals surface area (Å²) in [6.45, 7) is 5.09. The molecule has 0 unspecified atom stereocenters. The second-order valence-corrected chi connectivity index (χ2v) is 7.40. The first-order valence-electron chi connectivity index (χ1n) is 10.1. The molecule has 1 N–H and O–H groups in total. The predicted molar refractivity (Wildman–Crippen MR) is 118 cm³/mol. The molecule has 4 rings (SSSR count). The molecule has 0 radical (unpaired) electrons. The van der Waals surface area contributed by atoms with Crippen molar-refractivity contribution in [2.24, 2.45) is 5.10 Å². The lowest BCUT2D eigenvalue weighted by molar-refractivity contribution is -0.122. The van der Waals surface area contributed by atoms with Crippen LogP contribution in [0.2, 0.25) is 0 Å². The minimum atomic E-state index is -0.0713. The summed E-state index contributed by atoms with van der Waals surface area (Å²) in [4.78, 5) is 16.9. The van der Waals surface area contributed by atoms with Gasteiger partial charge in [0.05, 0.1) is 12.8 Å². The summed E-state index contributed by atoms with van der Waals surface area (Å²) in [6, 6.07) is 24.8. The van der Waals surface area contributed by atoms with Gasteiger partial charge in [0.15, 0.2) is 0 Å². The van der Waals surface area contributed by atoms with Crippen LogP contribution in [0.15, 0.2) is 77.9 Å². The molecule has 1 saturated heterocycles. The Morgan fingerprint density at radius 2 is 1.55 bits per heavy atom. The number of carbonyl (C=O) groups excluding carboxylic acids is 1. The number of amides is 1. The minimum absolute atomic E-state index is 0.0713. The van der Waals surface area contributed by atoms with E-state index in [0.717, 1.165) is 49.1 Å². The summed E-state index contributed by atoms with van der Waals surface area (Å²) in [5, 5.41) is 6.46. The Hall–Kier alpha value is -3.02. The molecular weight excluding hydrogens is 360 g/mol. The fourth-order valence-electron chi connectivity index (χ4n) is 3.72.